The molecule has 2 aromatic carbocycles. The lowest BCUT2D eigenvalue weighted by Gasteiger charge is -2.16. The molecule has 1 aliphatic heterocycles. The number of sulfonamides is 1. The first-order valence-electron chi connectivity index (χ1n) is 8.74. The van der Waals surface area contributed by atoms with Gasteiger partial charge in [-0.2, -0.15) is 4.31 Å². The van der Waals surface area contributed by atoms with Crippen molar-refractivity contribution in [2.45, 2.75) is 17.7 Å². The first-order chi connectivity index (χ1) is 13.4. The highest BCUT2D eigenvalue weighted by Gasteiger charge is 2.28. The molecule has 0 radical (unpaired) electrons. The second-order valence-electron chi connectivity index (χ2n) is 6.17. The monoisotopic (exact) mass is 443 g/mol. The van der Waals surface area contributed by atoms with E-state index in [0.717, 1.165) is 12.8 Å². The molecular formula is C19H19Cl2NO5S. The first kappa shape index (κ1) is 20.9. The lowest BCUT2D eigenvalue weighted by atomic mass is 10.2. The fraction of sp³-hybridized carbons (Fsp3) is 0.316. The third kappa shape index (κ3) is 4.78. The average Bonchev–Trinajstić information content (AvgIpc) is 3.22. The molecule has 1 aliphatic rings. The van der Waals surface area contributed by atoms with Gasteiger partial charge in [0, 0.05) is 13.1 Å². The Bertz CT molecular complexity index is 959. The van der Waals surface area contributed by atoms with Gasteiger partial charge in [-0.15, -0.1) is 0 Å². The first-order valence-corrected chi connectivity index (χ1v) is 10.9. The molecule has 0 unspecified atom stereocenters. The van der Waals surface area contributed by atoms with Gasteiger partial charge in [-0.3, -0.25) is 0 Å². The van der Waals surface area contributed by atoms with Gasteiger partial charge in [-0.25, -0.2) is 13.2 Å². The van der Waals surface area contributed by atoms with Crippen molar-refractivity contribution in [1.82, 2.24) is 4.31 Å². The highest BCUT2D eigenvalue weighted by Crippen LogP contribution is 2.26. The van der Waals surface area contributed by atoms with Gasteiger partial charge in [-0.1, -0.05) is 35.3 Å². The Hall–Kier alpha value is -1.80. The normalized spacial score (nSPS) is 14.8. The number of nitrogens with zero attached hydrogens (tertiary/aromatic N) is 1. The quantitative estimate of drug-likeness (QED) is 0.477. The highest BCUT2D eigenvalue weighted by molar-refractivity contribution is 7.89. The molecule has 0 aliphatic carbocycles. The third-order valence-electron chi connectivity index (χ3n) is 4.27. The summed E-state index contributed by atoms with van der Waals surface area (Å²) in [5, 5.41) is 0.578. The molecule has 1 saturated heterocycles. The maximum atomic E-state index is 12.7. The summed E-state index contributed by atoms with van der Waals surface area (Å²) in [6, 6.07) is 11.0. The van der Waals surface area contributed by atoms with Crippen LogP contribution in [0.5, 0.6) is 5.75 Å². The van der Waals surface area contributed by atoms with E-state index in [-0.39, 0.29) is 28.7 Å². The fourth-order valence-corrected chi connectivity index (χ4v) is 4.75. The van der Waals surface area contributed by atoms with Crippen LogP contribution < -0.4 is 4.74 Å². The minimum Gasteiger partial charge on any atom is -0.488 e. The Labute approximate surface area is 174 Å². The number of hydrogen-bond acceptors (Lipinski definition) is 5. The molecule has 0 aromatic heterocycles. The lowest BCUT2D eigenvalue weighted by Crippen LogP contribution is -2.28. The number of halogens is 2. The van der Waals surface area contributed by atoms with Crippen molar-refractivity contribution < 1.29 is 22.7 Å². The number of carbonyl (C=O) groups is 1. The van der Waals surface area contributed by atoms with Crippen molar-refractivity contribution in [1.29, 1.82) is 0 Å². The Balaban J connectivity index is 1.64. The summed E-state index contributed by atoms with van der Waals surface area (Å²) in [4.78, 5) is 12.4. The Morgan fingerprint density at radius 2 is 1.71 bits per heavy atom. The molecule has 150 valence electrons. The molecule has 1 fully saturated rings. The van der Waals surface area contributed by atoms with Crippen molar-refractivity contribution in [3.63, 3.8) is 0 Å². The van der Waals surface area contributed by atoms with E-state index >= 15 is 0 Å². The number of para-hydroxylation sites is 1. The SMILES string of the molecule is O=C(OCCOc1ccccc1Cl)c1cc(S(=O)(=O)N2CCCC2)ccc1Cl. The van der Waals surface area contributed by atoms with Gasteiger partial charge in [0.2, 0.25) is 10.0 Å². The number of esters is 1. The van der Waals surface area contributed by atoms with E-state index in [1.165, 1.54) is 22.5 Å². The van der Waals surface area contributed by atoms with Crippen LogP contribution in [0.3, 0.4) is 0 Å². The summed E-state index contributed by atoms with van der Waals surface area (Å²) < 4.78 is 37.4. The molecule has 2 aromatic rings. The van der Waals surface area contributed by atoms with Gasteiger partial charge < -0.3 is 9.47 Å². The molecule has 0 amide bonds. The zero-order valence-corrected chi connectivity index (χ0v) is 17.3. The standard InChI is InChI=1S/C19H19Cl2NO5S/c20-16-8-7-14(28(24,25)22-9-3-4-10-22)13-15(16)19(23)27-12-11-26-18-6-2-1-5-17(18)21/h1-2,5-8,13H,3-4,9-12H2. The smallest absolute Gasteiger partial charge is 0.339 e. The molecule has 0 saturated carbocycles. The van der Waals surface area contributed by atoms with Gasteiger partial charge in [-0.05, 0) is 43.2 Å². The molecule has 28 heavy (non-hydrogen) atoms. The Morgan fingerprint density at radius 1 is 1.00 bits per heavy atom. The molecule has 0 spiro atoms. The summed E-state index contributed by atoms with van der Waals surface area (Å²) in [6.07, 6.45) is 1.65. The summed E-state index contributed by atoms with van der Waals surface area (Å²) in [7, 11) is -3.65. The average molecular weight is 444 g/mol. The molecule has 1 heterocycles. The molecule has 3 rings (SSSR count). The second kappa shape index (κ2) is 9.13. The molecule has 9 heteroatoms. The number of ether oxygens (including phenoxy) is 2. The molecule has 0 atom stereocenters. The van der Waals surface area contributed by atoms with Crippen molar-refractivity contribution >= 4 is 39.2 Å². The molecule has 0 bridgehead atoms. The minimum atomic E-state index is -3.65. The maximum Gasteiger partial charge on any atom is 0.339 e. The predicted octanol–water partition coefficient (Wildman–Crippen LogP) is 4.01. The van der Waals surface area contributed by atoms with E-state index in [1.54, 1.807) is 24.3 Å². The summed E-state index contributed by atoms with van der Waals surface area (Å²) in [5.74, 6) is -0.233. The van der Waals surface area contributed by atoms with Crippen LogP contribution in [0.15, 0.2) is 47.4 Å². The van der Waals surface area contributed by atoms with Gasteiger partial charge >= 0.3 is 5.97 Å². The summed E-state index contributed by atoms with van der Waals surface area (Å²) in [6.45, 7) is 1.01. The van der Waals surface area contributed by atoms with E-state index < -0.39 is 16.0 Å². The van der Waals surface area contributed by atoms with Crippen LogP contribution in [-0.2, 0) is 14.8 Å². The third-order valence-corrected chi connectivity index (χ3v) is 6.81. The number of benzene rings is 2. The zero-order valence-electron chi connectivity index (χ0n) is 14.9. The largest absolute Gasteiger partial charge is 0.488 e. The lowest BCUT2D eigenvalue weighted by molar-refractivity contribution is 0.0450. The highest BCUT2D eigenvalue weighted by atomic mass is 35.5. The molecular weight excluding hydrogens is 425 g/mol. The van der Waals surface area contributed by atoms with Crippen molar-refractivity contribution in [3.8, 4) is 5.75 Å². The van der Waals surface area contributed by atoms with Crippen molar-refractivity contribution in [2.75, 3.05) is 26.3 Å². The van der Waals surface area contributed by atoms with E-state index in [9.17, 15) is 13.2 Å². The molecule has 6 nitrogen and oxygen atoms in total. The van der Waals surface area contributed by atoms with E-state index in [0.29, 0.717) is 23.9 Å². The van der Waals surface area contributed by atoms with Gasteiger partial charge in [0.25, 0.3) is 0 Å². The van der Waals surface area contributed by atoms with E-state index in [1.807, 2.05) is 0 Å². The van der Waals surface area contributed by atoms with Crippen LogP contribution in [-0.4, -0.2) is 45.0 Å². The van der Waals surface area contributed by atoms with Crippen LogP contribution in [0.4, 0.5) is 0 Å². The number of rotatable bonds is 7. The van der Waals surface area contributed by atoms with E-state index in [4.69, 9.17) is 32.7 Å². The fourth-order valence-electron chi connectivity index (χ4n) is 2.82. The van der Waals surface area contributed by atoms with Crippen LogP contribution in [0.1, 0.15) is 23.2 Å². The van der Waals surface area contributed by atoms with E-state index in [2.05, 4.69) is 0 Å². The Morgan fingerprint density at radius 3 is 2.43 bits per heavy atom. The predicted molar refractivity (Wildman–Crippen MR) is 107 cm³/mol. The van der Waals surface area contributed by atoms with Crippen LogP contribution >= 0.6 is 23.2 Å². The maximum absolute atomic E-state index is 12.7. The van der Waals surface area contributed by atoms with Gasteiger partial charge in [0.1, 0.15) is 19.0 Å². The Kier molecular flexibility index (Phi) is 6.82. The van der Waals surface area contributed by atoms with Gasteiger partial charge in [0.15, 0.2) is 0 Å². The minimum absolute atomic E-state index is 0.000294. The number of carbonyl (C=O) groups excluding carboxylic acids is 1. The second-order valence-corrected chi connectivity index (χ2v) is 8.92. The number of hydrogen-bond donors (Lipinski definition) is 0. The summed E-state index contributed by atoms with van der Waals surface area (Å²) >= 11 is 12.1. The van der Waals surface area contributed by atoms with Crippen LogP contribution in [0, 0.1) is 0 Å². The topological polar surface area (TPSA) is 72.9 Å². The van der Waals surface area contributed by atoms with Gasteiger partial charge in [0.05, 0.1) is 20.5 Å². The molecule has 0 N–H and O–H groups in total. The van der Waals surface area contributed by atoms with Crippen molar-refractivity contribution in [2.24, 2.45) is 0 Å². The van der Waals surface area contributed by atoms with Crippen LogP contribution in [0.25, 0.3) is 0 Å². The van der Waals surface area contributed by atoms with Crippen molar-refractivity contribution in [3.05, 3.63) is 58.1 Å². The summed E-state index contributed by atoms with van der Waals surface area (Å²) in [5.41, 5.74) is -0.000294. The van der Waals surface area contributed by atoms with Crippen LogP contribution in [0.2, 0.25) is 10.0 Å². The zero-order chi connectivity index (χ0) is 20.1.